The Kier molecular flexibility index (Phi) is 2.68. The highest BCUT2D eigenvalue weighted by molar-refractivity contribution is 7.14. The first-order valence-electron chi connectivity index (χ1n) is 5.61. The Bertz CT molecular complexity index is 715. The number of thiophene rings is 1. The maximum Gasteiger partial charge on any atom is 0.345 e. The molecule has 1 amide bonds. The van der Waals surface area contributed by atoms with Crippen LogP contribution in [0.1, 0.15) is 20.1 Å². The molecule has 2 heterocycles. The van der Waals surface area contributed by atoms with E-state index in [0.717, 1.165) is 27.5 Å². The van der Waals surface area contributed by atoms with Gasteiger partial charge in [-0.15, -0.1) is 11.3 Å². The first kappa shape index (κ1) is 11.7. The van der Waals surface area contributed by atoms with Crippen molar-refractivity contribution in [2.45, 2.75) is 0 Å². The molecule has 19 heavy (non-hydrogen) atoms. The SMILES string of the molecule is O=C1Nc2ccccc2/C1=C/c1ccc(C(=O)O)s1. The minimum Gasteiger partial charge on any atom is -0.477 e. The van der Waals surface area contributed by atoms with Crippen LogP contribution in [-0.4, -0.2) is 17.0 Å². The van der Waals surface area contributed by atoms with Gasteiger partial charge in [-0.1, -0.05) is 18.2 Å². The van der Waals surface area contributed by atoms with E-state index in [1.54, 1.807) is 12.1 Å². The van der Waals surface area contributed by atoms with Gasteiger partial charge in [0.25, 0.3) is 5.91 Å². The number of carbonyl (C=O) groups excluding carboxylic acids is 1. The summed E-state index contributed by atoms with van der Waals surface area (Å²) in [5, 5.41) is 11.7. The standard InChI is InChI=1S/C14H9NO3S/c16-13-10(9-3-1-2-4-11(9)15-13)7-8-5-6-12(19-8)14(17)18/h1-7H,(H,15,16)(H,17,18)/b10-7-. The van der Waals surface area contributed by atoms with E-state index < -0.39 is 5.97 Å². The molecule has 0 aliphatic carbocycles. The summed E-state index contributed by atoms with van der Waals surface area (Å²) in [4.78, 5) is 23.7. The normalized spacial score (nSPS) is 15.4. The number of anilines is 1. The van der Waals surface area contributed by atoms with Crippen LogP contribution >= 0.6 is 11.3 Å². The van der Waals surface area contributed by atoms with E-state index >= 15 is 0 Å². The average Bonchev–Trinajstić information content (AvgIpc) is 2.96. The second-order valence-corrected chi connectivity index (χ2v) is 5.18. The maximum atomic E-state index is 11.9. The number of hydrogen-bond donors (Lipinski definition) is 2. The summed E-state index contributed by atoms with van der Waals surface area (Å²) in [5.41, 5.74) is 2.20. The molecule has 0 atom stereocenters. The predicted molar refractivity (Wildman–Crippen MR) is 74.2 cm³/mol. The molecule has 3 rings (SSSR count). The Labute approximate surface area is 113 Å². The molecule has 0 fully saturated rings. The number of aromatic carboxylic acids is 1. The number of fused-ring (bicyclic) bond motifs is 1. The molecule has 0 unspecified atom stereocenters. The summed E-state index contributed by atoms with van der Waals surface area (Å²) < 4.78 is 0. The third-order valence-corrected chi connectivity index (χ3v) is 3.85. The zero-order chi connectivity index (χ0) is 13.4. The average molecular weight is 271 g/mol. The van der Waals surface area contributed by atoms with Gasteiger partial charge in [0.1, 0.15) is 4.88 Å². The number of para-hydroxylation sites is 1. The van der Waals surface area contributed by atoms with Crippen molar-refractivity contribution in [3.8, 4) is 0 Å². The van der Waals surface area contributed by atoms with Crippen LogP contribution in [-0.2, 0) is 4.79 Å². The first-order valence-corrected chi connectivity index (χ1v) is 6.42. The molecule has 2 N–H and O–H groups in total. The van der Waals surface area contributed by atoms with Crippen LogP contribution in [0.15, 0.2) is 36.4 Å². The maximum absolute atomic E-state index is 11.9. The largest absolute Gasteiger partial charge is 0.477 e. The zero-order valence-corrected chi connectivity index (χ0v) is 10.5. The van der Waals surface area contributed by atoms with Gasteiger partial charge in [0.05, 0.1) is 5.57 Å². The Balaban J connectivity index is 2.03. The fourth-order valence-corrected chi connectivity index (χ4v) is 2.76. The molecule has 0 spiro atoms. The van der Waals surface area contributed by atoms with Gasteiger partial charge in [0, 0.05) is 16.1 Å². The van der Waals surface area contributed by atoms with Crippen LogP contribution in [0.3, 0.4) is 0 Å². The lowest BCUT2D eigenvalue weighted by Gasteiger charge is -1.95. The number of carboxylic acids is 1. The fraction of sp³-hybridized carbons (Fsp3) is 0. The first-order chi connectivity index (χ1) is 9.15. The topological polar surface area (TPSA) is 66.4 Å². The fourth-order valence-electron chi connectivity index (χ4n) is 1.97. The van der Waals surface area contributed by atoms with E-state index in [-0.39, 0.29) is 10.8 Å². The monoisotopic (exact) mass is 271 g/mol. The lowest BCUT2D eigenvalue weighted by Crippen LogP contribution is -2.03. The van der Waals surface area contributed by atoms with Crippen molar-refractivity contribution in [1.82, 2.24) is 0 Å². The second-order valence-electron chi connectivity index (χ2n) is 4.06. The number of carboxylic acid groups (broad SMARTS) is 1. The molecular weight excluding hydrogens is 262 g/mol. The van der Waals surface area contributed by atoms with Crippen LogP contribution < -0.4 is 5.32 Å². The van der Waals surface area contributed by atoms with Crippen LogP contribution in [0.25, 0.3) is 11.6 Å². The van der Waals surface area contributed by atoms with E-state index in [1.807, 2.05) is 24.3 Å². The van der Waals surface area contributed by atoms with Gasteiger partial charge in [-0.25, -0.2) is 4.79 Å². The summed E-state index contributed by atoms with van der Waals surface area (Å²) in [6.07, 6.45) is 1.72. The molecule has 5 heteroatoms. The third-order valence-electron chi connectivity index (χ3n) is 2.83. The van der Waals surface area contributed by atoms with Crippen molar-refractivity contribution in [3.63, 3.8) is 0 Å². The van der Waals surface area contributed by atoms with Crippen LogP contribution in [0.2, 0.25) is 0 Å². The predicted octanol–water partition coefficient (Wildman–Crippen LogP) is 2.94. The quantitative estimate of drug-likeness (QED) is 0.825. The lowest BCUT2D eigenvalue weighted by molar-refractivity contribution is -0.110. The third kappa shape index (κ3) is 2.04. The highest BCUT2D eigenvalue weighted by Crippen LogP contribution is 2.33. The van der Waals surface area contributed by atoms with Crippen molar-refractivity contribution < 1.29 is 14.7 Å². The molecule has 1 aliphatic rings. The van der Waals surface area contributed by atoms with Crippen molar-refractivity contribution in [3.05, 3.63) is 51.7 Å². The number of carbonyl (C=O) groups is 2. The molecule has 1 aromatic heterocycles. The van der Waals surface area contributed by atoms with Gasteiger partial charge < -0.3 is 10.4 Å². The van der Waals surface area contributed by atoms with Gasteiger partial charge >= 0.3 is 5.97 Å². The molecule has 94 valence electrons. The minimum atomic E-state index is -0.953. The molecule has 0 saturated carbocycles. The molecule has 2 aromatic rings. The van der Waals surface area contributed by atoms with Crippen LogP contribution in [0.4, 0.5) is 5.69 Å². The molecule has 0 bridgehead atoms. The molecule has 1 aliphatic heterocycles. The van der Waals surface area contributed by atoms with Crippen molar-refractivity contribution >= 4 is 40.5 Å². The Morgan fingerprint density at radius 3 is 2.74 bits per heavy atom. The smallest absolute Gasteiger partial charge is 0.345 e. The van der Waals surface area contributed by atoms with E-state index in [4.69, 9.17) is 5.11 Å². The summed E-state index contributed by atoms with van der Waals surface area (Å²) in [6, 6.07) is 10.7. The minimum absolute atomic E-state index is 0.161. The Hall–Kier alpha value is -2.40. The van der Waals surface area contributed by atoms with E-state index in [9.17, 15) is 9.59 Å². The molecule has 0 radical (unpaired) electrons. The van der Waals surface area contributed by atoms with Crippen LogP contribution in [0.5, 0.6) is 0 Å². The number of benzene rings is 1. The van der Waals surface area contributed by atoms with Crippen LogP contribution in [0, 0.1) is 0 Å². The molecular formula is C14H9NO3S. The zero-order valence-electron chi connectivity index (χ0n) is 9.71. The van der Waals surface area contributed by atoms with E-state index in [1.165, 1.54) is 6.07 Å². The summed E-state index contributed by atoms with van der Waals surface area (Å²) in [7, 11) is 0. The molecule has 0 saturated heterocycles. The molecule has 1 aromatic carbocycles. The lowest BCUT2D eigenvalue weighted by atomic mass is 10.1. The second kappa shape index (κ2) is 4.37. The van der Waals surface area contributed by atoms with E-state index in [2.05, 4.69) is 5.32 Å². The van der Waals surface area contributed by atoms with E-state index in [0.29, 0.717) is 5.57 Å². The van der Waals surface area contributed by atoms with Crippen molar-refractivity contribution in [2.75, 3.05) is 5.32 Å². The van der Waals surface area contributed by atoms with Crippen molar-refractivity contribution in [1.29, 1.82) is 0 Å². The molecule has 4 nitrogen and oxygen atoms in total. The summed E-state index contributed by atoms with van der Waals surface area (Å²) in [6.45, 7) is 0. The number of hydrogen-bond acceptors (Lipinski definition) is 3. The van der Waals surface area contributed by atoms with Gasteiger partial charge in [-0.2, -0.15) is 0 Å². The van der Waals surface area contributed by atoms with Crippen molar-refractivity contribution in [2.24, 2.45) is 0 Å². The van der Waals surface area contributed by atoms with Gasteiger partial charge in [-0.05, 0) is 24.3 Å². The number of rotatable bonds is 2. The number of amides is 1. The van der Waals surface area contributed by atoms with Gasteiger partial charge in [0.15, 0.2) is 0 Å². The Morgan fingerprint density at radius 2 is 2.00 bits per heavy atom. The van der Waals surface area contributed by atoms with Gasteiger partial charge in [-0.3, -0.25) is 4.79 Å². The number of nitrogens with one attached hydrogen (secondary N) is 1. The summed E-state index contributed by atoms with van der Waals surface area (Å²) >= 11 is 1.15. The summed E-state index contributed by atoms with van der Waals surface area (Å²) in [5.74, 6) is -1.11. The Morgan fingerprint density at radius 1 is 1.21 bits per heavy atom. The highest BCUT2D eigenvalue weighted by Gasteiger charge is 2.23. The highest BCUT2D eigenvalue weighted by atomic mass is 32.1. The van der Waals surface area contributed by atoms with Gasteiger partial charge in [0.2, 0.25) is 0 Å².